The van der Waals surface area contributed by atoms with Gasteiger partial charge in [0.25, 0.3) is 0 Å². The molecule has 15 N–H and O–H groups in total. The number of carboxylic acids is 4. The second kappa shape index (κ2) is 53.4. The number of urea groups is 1. The molecule has 0 spiro atoms. The first kappa shape index (κ1) is 113. The van der Waals surface area contributed by atoms with Crippen LogP contribution in [0.15, 0.2) is 164 Å². The molecule has 16 aromatic rings. The van der Waals surface area contributed by atoms with E-state index < -0.39 is 35.8 Å². The van der Waals surface area contributed by atoms with Crippen molar-refractivity contribution in [1.29, 1.82) is 0 Å². The molecule has 2 amide bonds. The summed E-state index contributed by atoms with van der Waals surface area (Å²) in [6.07, 6.45) is 0. The van der Waals surface area contributed by atoms with Crippen molar-refractivity contribution in [3.63, 3.8) is 0 Å². The summed E-state index contributed by atoms with van der Waals surface area (Å²) in [5.41, 5.74) is 9.54. The maximum Gasteiger partial charge on any atom is 1.00 e. The smallest absolute Gasteiger partial charge is 0.870 e. The summed E-state index contributed by atoms with van der Waals surface area (Å²) in [4.78, 5) is 84.7. The molecule has 16 rings (SSSR count). The molecular weight excluding hydrogens is 1910 g/mol. The number of fused-ring (bicyclic) bond motifs is 5. The predicted molar refractivity (Wildman–Crippen MR) is 512 cm³/mol. The molecule has 0 saturated heterocycles. The fraction of sp³-hybridized carbons (Fsp3) is 0.247. The average Bonchev–Trinajstić information content (AvgIpc) is 1.66. The number of aromatic carboxylic acids is 4. The summed E-state index contributed by atoms with van der Waals surface area (Å²) in [6, 6.07) is 51.1. The summed E-state index contributed by atoms with van der Waals surface area (Å²) in [7, 11) is 10.4. The second-order valence-electron chi connectivity index (χ2n) is 28.6. The summed E-state index contributed by atoms with van der Waals surface area (Å²) in [6.45, 7) is 19.5. The Balaban J connectivity index is 0.000000248. The Morgan fingerprint density at radius 1 is 0.396 bits per heavy atom. The fourth-order valence-corrected chi connectivity index (χ4v) is 12.9. The van der Waals surface area contributed by atoms with E-state index in [0.29, 0.717) is 87.4 Å². The van der Waals surface area contributed by atoms with Gasteiger partial charge >= 0.3 is 60.7 Å². The van der Waals surface area contributed by atoms with Gasteiger partial charge in [-0.15, -0.1) is 86.7 Å². The molecule has 0 radical (unpaired) electrons. The SMILES string of the molecule is CCNC(=O)Nc1cc(N(C)[C@@H](C)c2ccccc2)nn2c(C)nnc12.CN[C@@H](C)c1ccccc1.COC(=O)c1cc(Cl)nn2c(C)nnc12.COC(=O)c1cc(N(C)[C@@H](C)c2ccccc2)nn2c(C)nnc12.Cc1nnc2c(C(=O)O)cc(Cl)nn12.Cc1nnc2c(C(=O)O)cc(N(C)[C@@H](C)c3ccccc3)nn12.NN.NNc1nnc(Cl)cc1C(=O)O.O=C(O)c1cc(Cl)nnc1Cl.[Li+].[OH-]. The van der Waals surface area contributed by atoms with Crippen LogP contribution < -0.4 is 72.5 Å². The van der Waals surface area contributed by atoms with Crippen molar-refractivity contribution in [2.75, 3.05) is 74.4 Å². The molecule has 0 unspecified atom stereocenters. The van der Waals surface area contributed by atoms with Crippen LogP contribution in [0.25, 0.3) is 28.2 Å². The molecule has 0 fully saturated rings. The number of nitrogens with zero attached hydrogens (tertiary/aromatic N) is 27. The number of benzene rings is 4. The number of nitrogen functional groups attached to an aromatic ring is 1. The zero-order valence-electron chi connectivity index (χ0n) is 77.7. The molecule has 48 nitrogen and oxygen atoms in total. The molecule has 0 bridgehead atoms. The number of carbonyl (C=O) groups excluding carboxylic acids is 3. The van der Waals surface area contributed by atoms with Crippen LogP contribution in [0, 0.1) is 34.6 Å². The monoisotopic (exact) mass is 2000 g/mol. The normalized spacial score (nSPS) is 11.2. The van der Waals surface area contributed by atoms with Crippen LogP contribution in [-0.4, -0.2) is 236 Å². The first-order valence-electron chi connectivity index (χ1n) is 40.5. The average molecular weight is 2000 g/mol. The zero-order valence-corrected chi connectivity index (χ0v) is 81.5. The molecule has 726 valence electrons. The summed E-state index contributed by atoms with van der Waals surface area (Å²) in [5.74, 6) is 12.2. The number of methoxy groups -OCH3 is 2. The van der Waals surface area contributed by atoms with E-state index in [1.807, 2.05) is 138 Å². The van der Waals surface area contributed by atoms with Gasteiger partial charge in [0, 0.05) is 51.9 Å². The van der Waals surface area contributed by atoms with Crippen molar-refractivity contribution in [3.05, 3.63) is 274 Å². The van der Waals surface area contributed by atoms with Crippen LogP contribution >= 0.6 is 58.0 Å². The van der Waals surface area contributed by atoms with Gasteiger partial charge in [0.15, 0.2) is 101 Å². The van der Waals surface area contributed by atoms with Gasteiger partial charge in [-0.05, 0) is 123 Å². The first-order valence-corrected chi connectivity index (χ1v) is 42.4. The molecule has 4 atom stereocenters. The number of amides is 2. The molecule has 12 aromatic heterocycles. The topological polar surface area (TPSA) is 652 Å². The van der Waals surface area contributed by atoms with Gasteiger partial charge in [0.2, 0.25) is 5.65 Å². The third-order valence-corrected chi connectivity index (χ3v) is 20.9. The van der Waals surface area contributed by atoms with E-state index in [4.69, 9.17) is 83.9 Å². The zero-order chi connectivity index (χ0) is 101. The molecule has 4 aromatic carbocycles. The Morgan fingerprint density at radius 3 is 1.04 bits per heavy atom. The number of anilines is 5. The Kier molecular flexibility index (Phi) is 43.3. The standard InChI is InChI=1S/C18H23N7O.C17H19N5O2.C16H17N5O2.C9H13N.C8H7ClN4O2.C7H5ClN4O2.C5H2Cl2N2O2.C5H5ClN4O2.Li.H4N2.H2O/c1-5-19-18(26)20-15-11-16(23-25-13(3)21-22-17(15)25)24(4)12(2)14-9-7-6-8-10-14;1-11(13-8-6-5-7-9-13)21(3)15-10-14(17(23)24-4)16-19-18-12(2)22(16)20-15;1-10(12-7-5-4-6-8-12)20(3)14-9-13(16(22)23)15-18-17-11(2)21(15)19-14;1-8(10-2)9-6-4-3-5-7-9;1-4-10-11-7-5(8(14)15-2)3-6(9)12-13(4)7;1-3-9-10-6-4(7(13)14)2-5(8)11-12(3)6;6-3-1-2(5(10)11)4(7)9-8-3;6-3-1-2(5(11)12)4(8-7)10-9-3;;1-2;/h6-12H,5H2,1-4H3,(H2,19,20,26);5-11H,1-4H3;4-10H,1-3H3,(H,22,23);3-8,10H,1-2H3;3H,1-2H3;2H,1H3,(H,13,14);1H,(H,10,11);1H,7H2,(H,8,10)(H,11,12);;1-2H2;1H2/q;;;;;;;;+1;;/p-1/t12-;11-;10-;8-;;;;;;;/m0000......./s1. The number of ether oxygens (including phenoxy) is 2. The van der Waals surface area contributed by atoms with E-state index in [1.165, 1.54) is 57.1 Å². The minimum absolute atomic E-state index is 0. The fourth-order valence-electron chi connectivity index (χ4n) is 12.1. The van der Waals surface area contributed by atoms with Gasteiger partial charge in [0.05, 0.1) is 38.0 Å². The number of aryl methyl sites for hydroxylation is 5. The second-order valence-corrected chi connectivity index (χ2v) is 30.5. The largest absolute Gasteiger partial charge is 1.00 e. The van der Waals surface area contributed by atoms with E-state index in [9.17, 15) is 38.7 Å². The van der Waals surface area contributed by atoms with Crippen molar-refractivity contribution < 1.29 is 87.8 Å². The van der Waals surface area contributed by atoms with Crippen LogP contribution in [-0.2, 0) is 9.47 Å². The molecular formula is C85H96Cl5LiN34O14. The maximum absolute atomic E-state index is 12.1. The third-order valence-electron chi connectivity index (χ3n) is 19.9. The quantitative estimate of drug-likeness (QED) is 0.0148. The summed E-state index contributed by atoms with van der Waals surface area (Å²) < 4.78 is 16.8. The molecule has 0 aliphatic heterocycles. The van der Waals surface area contributed by atoms with Crippen LogP contribution in [0.3, 0.4) is 0 Å². The van der Waals surface area contributed by atoms with Crippen molar-refractivity contribution in [1.82, 2.24) is 130 Å². The van der Waals surface area contributed by atoms with Gasteiger partial charge in [-0.25, -0.2) is 39.4 Å². The van der Waals surface area contributed by atoms with E-state index in [-0.39, 0.29) is 119 Å². The van der Waals surface area contributed by atoms with Gasteiger partial charge in [-0.1, -0.05) is 179 Å². The number of carbonyl (C=O) groups is 7. The molecule has 54 heteroatoms. The van der Waals surface area contributed by atoms with Gasteiger partial charge in [0.1, 0.15) is 33.4 Å². The maximum atomic E-state index is 12.1. The number of aromatic nitrogens is 24. The Bertz CT molecular complexity index is 6860. The Morgan fingerprint density at radius 2 is 0.691 bits per heavy atom. The third kappa shape index (κ3) is 29.5. The number of hydrazine groups is 2. The molecule has 0 aliphatic carbocycles. The summed E-state index contributed by atoms with van der Waals surface area (Å²) in [5, 5.41) is 118. The summed E-state index contributed by atoms with van der Waals surface area (Å²) >= 11 is 27.6. The van der Waals surface area contributed by atoms with Crippen molar-refractivity contribution in [2.45, 2.75) is 93.4 Å². The molecule has 139 heavy (non-hydrogen) atoms. The number of rotatable bonds is 20. The molecule has 0 aliphatic rings. The Labute approximate surface area is 829 Å². The number of hydrogen-bond acceptors (Lipinski definition) is 37. The van der Waals surface area contributed by atoms with Gasteiger partial charge < -0.3 is 71.5 Å². The van der Waals surface area contributed by atoms with E-state index in [1.54, 1.807) is 42.8 Å². The number of halogens is 5. The number of nitrogens with one attached hydrogen (secondary N) is 4. The predicted octanol–water partition coefficient (Wildman–Crippen LogP) is 8.38. The van der Waals surface area contributed by atoms with Gasteiger partial charge in [-0.3, -0.25) is 11.7 Å². The van der Waals surface area contributed by atoms with Crippen LogP contribution in [0.2, 0.25) is 25.8 Å². The van der Waals surface area contributed by atoms with Crippen molar-refractivity contribution >= 4 is 157 Å². The van der Waals surface area contributed by atoms with Crippen molar-refractivity contribution in [3.8, 4) is 0 Å². The van der Waals surface area contributed by atoms with E-state index >= 15 is 0 Å². The van der Waals surface area contributed by atoms with Crippen molar-refractivity contribution in [2.24, 2.45) is 17.5 Å². The first-order chi connectivity index (χ1) is 65.3. The van der Waals surface area contributed by atoms with Gasteiger partial charge in [-0.2, -0.15) is 32.8 Å². The Hall–Kier alpha value is -15.1. The number of carboxylic acid groups (broad SMARTS) is 4. The molecule has 12 heterocycles. The van der Waals surface area contributed by atoms with E-state index in [2.05, 4.69) is 209 Å². The van der Waals surface area contributed by atoms with Crippen LogP contribution in [0.1, 0.15) is 172 Å². The van der Waals surface area contributed by atoms with Crippen LogP contribution in [0.5, 0.6) is 0 Å². The van der Waals surface area contributed by atoms with Crippen LogP contribution in [0.4, 0.5) is 33.8 Å². The number of nitrogens with two attached hydrogens (primary N) is 3. The molecule has 0 saturated carbocycles. The number of hydrogen-bond donors (Lipinski definition) is 11. The van der Waals surface area contributed by atoms with E-state index in [0.717, 1.165) is 23.3 Å². The minimum Gasteiger partial charge on any atom is -0.870 e. The minimum atomic E-state index is -1.17. The number of esters is 2.